The minimum atomic E-state index is -0.316. The maximum atomic E-state index is 13.2. The molecule has 0 aliphatic heterocycles. The lowest BCUT2D eigenvalue weighted by Gasteiger charge is -2.15. The van der Waals surface area contributed by atoms with E-state index in [1.807, 2.05) is 6.07 Å². The monoisotopic (exact) mass is 397 g/mol. The second kappa shape index (κ2) is 7.81. The summed E-state index contributed by atoms with van der Waals surface area (Å²) in [4.78, 5) is 22.6. The summed E-state index contributed by atoms with van der Waals surface area (Å²) in [5.74, 6) is 0.596. The highest BCUT2D eigenvalue weighted by Crippen LogP contribution is 2.26. The van der Waals surface area contributed by atoms with Crippen LogP contribution in [0.25, 0.3) is 16.7 Å². The van der Waals surface area contributed by atoms with Crippen LogP contribution in [-0.2, 0) is 11.3 Å². The van der Waals surface area contributed by atoms with E-state index in [-0.39, 0.29) is 17.5 Å². The van der Waals surface area contributed by atoms with Crippen molar-refractivity contribution in [1.29, 1.82) is 0 Å². The van der Waals surface area contributed by atoms with Gasteiger partial charge in [-0.05, 0) is 36.4 Å². The Morgan fingerprint density at radius 2 is 2.07 bits per heavy atom. The topological polar surface area (TPSA) is 77.1 Å². The Balaban J connectivity index is 1.50. The zero-order chi connectivity index (χ0) is 19.5. The molecule has 3 aromatic heterocycles. The van der Waals surface area contributed by atoms with E-state index in [0.29, 0.717) is 22.9 Å². The number of furan rings is 1. The maximum Gasteiger partial charge on any atom is 0.233 e. The van der Waals surface area contributed by atoms with Gasteiger partial charge in [0.05, 0.1) is 35.8 Å². The van der Waals surface area contributed by atoms with Crippen molar-refractivity contribution < 1.29 is 13.6 Å². The number of hydrogen-bond donors (Lipinski definition) is 0. The molecule has 0 aliphatic carbocycles. The van der Waals surface area contributed by atoms with Crippen LogP contribution >= 0.6 is 11.8 Å². The van der Waals surface area contributed by atoms with Crippen LogP contribution < -0.4 is 0 Å². The number of halogens is 1. The number of amides is 1. The number of carbonyl (C=O) groups excluding carboxylic acids is 1. The Morgan fingerprint density at radius 1 is 1.25 bits per heavy atom. The van der Waals surface area contributed by atoms with Gasteiger partial charge < -0.3 is 9.32 Å². The minimum absolute atomic E-state index is 0.0425. The lowest BCUT2D eigenvalue weighted by molar-refractivity contribution is -0.127. The number of aromatic nitrogens is 4. The average molecular weight is 397 g/mol. The van der Waals surface area contributed by atoms with Gasteiger partial charge in [0.25, 0.3) is 0 Å². The first-order valence-corrected chi connectivity index (χ1v) is 9.44. The molecule has 0 unspecified atom stereocenters. The van der Waals surface area contributed by atoms with Crippen molar-refractivity contribution in [3.8, 4) is 5.69 Å². The molecule has 7 nitrogen and oxygen atoms in total. The van der Waals surface area contributed by atoms with Crippen molar-refractivity contribution in [3.63, 3.8) is 0 Å². The molecule has 0 N–H and O–H groups in total. The van der Waals surface area contributed by atoms with Gasteiger partial charge in [0.2, 0.25) is 5.91 Å². The second-order valence-corrected chi connectivity index (χ2v) is 7.03. The standard InChI is InChI=1S/C19H16FN5O2S/c1-24(10-15-3-2-8-27-15)17(26)11-28-19-16-9-23-25(18(16)21-12-22-19)14-6-4-13(20)5-7-14/h2-9,12H,10-11H2,1H3. The van der Waals surface area contributed by atoms with Crippen LogP contribution in [0, 0.1) is 5.82 Å². The van der Waals surface area contributed by atoms with Gasteiger partial charge in [-0.1, -0.05) is 11.8 Å². The van der Waals surface area contributed by atoms with Gasteiger partial charge in [0.15, 0.2) is 5.65 Å². The van der Waals surface area contributed by atoms with Gasteiger partial charge >= 0.3 is 0 Å². The first kappa shape index (κ1) is 18.2. The van der Waals surface area contributed by atoms with Crippen molar-refractivity contribution in [3.05, 3.63) is 66.8 Å². The smallest absolute Gasteiger partial charge is 0.233 e. The van der Waals surface area contributed by atoms with Crippen molar-refractivity contribution in [2.75, 3.05) is 12.8 Å². The molecule has 4 rings (SSSR count). The zero-order valence-electron chi connectivity index (χ0n) is 14.9. The van der Waals surface area contributed by atoms with Crippen LogP contribution in [0.2, 0.25) is 0 Å². The summed E-state index contributed by atoms with van der Waals surface area (Å²) in [6.45, 7) is 0.411. The van der Waals surface area contributed by atoms with Crippen molar-refractivity contribution >= 4 is 28.7 Å². The molecule has 1 amide bonds. The van der Waals surface area contributed by atoms with E-state index in [0.717, 1.165) is 11.1 Å². The lowest BCUT2D eigenvalue weighted by atomic mass is 10.3. The van der Waals surface area contributed by atoms with E-state index < -0.39 is 0 Å². The molecule has 0 saturated carbocycles. The van der Waals surface area contributed by atoms with E-state index in [9.17, 15) is 9.18 Å². The Kier molecular flexibility index (Phi) is 5.07. The molecule has 3 heterocycles. The third-order valence-corrected chi connectivity index (χ3v) is 5.12. The van der Waals surface area contributed by atoms with E-state index in [1.165, 1.54) is 30.2 Å². The summed E-state index contributed by atoms with van der Waals surface area (Å²) < 4.78 is 20.1. The predicted octanol–water partition coefficient (Wildman–Crippen LogP) is 3.30. The summed E-state index contributed by atoms with van der Waals surface area (Å²) >= 11 is 1.32. The Bertz CT molecular complexity index is 1100. The molecule has 142 valence electrons. The fraction of sp³-hybridized carbons (Fsp3) is 0.158. The molecule has 0 atom stereocenters. The van der Waals surface area contributed by atoms with Gasteiger partial charge in [-0.3, -0.25) is 4.79 Å². The molecule has 9 heteroatoms. The van der Waals surface area contributed by atoms with E-state index in [1.54, 1.807) is 47.3 Å². The van der Waals surface area contributed by atoms with Crippen LogP contribution in [0.3, 0.4) is 0 Å². The van der Waals surface area contributed by atoms with Crippen LogP contribution in [0.1, 0.15) is 5.76 Å². The number of thioether (sulfide) groups is 1. The fourth-order valence-electron chi connectivity index (χ4n) is 2.67. The molecule has 28 heavy (non-hydrogen) atoms. The number of rotatable bonds is 6. The molecule has 0 saturated heterocycles. The third kappa shape index (κ3) is 3.74. The highest BCUT2D eigenvalue weighted by molar-refractivity contribution is 8.00. The maximum absolute atomic E-state index is 13.2. The molecular weight excluding hydrogens is 381 g/mol. The zero-order valence-corrected chi connectivity index (χ0v) is 15.8. The van der Waals surface area contributed by atoms with E-state index >= 15 is 0 Å². The Labute approximate surface area is 164 Å². The Hall–Kier alpha value is -3.20. The van der Waals surface area contributed by atoms with Gasteiger partial charge in [0, 0.05) is 7.05 Å². The number of fused-ring (bicyclic) bond motifs is 1. The number of benzene rings is 1. The summed E-state index contributed by atoms with van der Waals surface area (Å²) in [6.07, 6.45) is 4.67. The van der Waals surface area contributed by atoms with Gasteiger partial charge in [-0.25, -0.2) is 19.0 Å². The van der Waals surface area contributed by atoms with E-state index in [4.69, 9.17) is 4.42 Å². The summed E-state index contributed by atoms with van der Waals surface area (Å²) in [5.41, 5.74) is 1.29. The van der Waals surface area contributed by atoms with Crippen LogP contribution in [-0.4, -0.2) is 43.4 Å². The number of hydrogen-bond acceptors (Lipinski definition) is 6. The van der Waals surface area contributed by atoms with Crippen LogP contribution in [0.5, 0.6) is 0 Å². The molecule has 4 aromatic rings. The van der Waals surface area contributed by atoms with Gasteiger partial charge in [-0.2, -0.15) is 5.10 Å². The highest BCUT2D eigenvalue weighted by atomic mass is 32.2. The van der Waals surface area contributed by atoms with Crippen molar-refractivity contribution in [2.24, 2.45) is 0 Å². The molecule has 0 aliphatic rings. The normalized spacial score (nSPS) is 11.1. The second-order valence-electron chi connectivity index (χ2n) is 6.07. The summed E-state index contributed by atoms with van der Waals surface area (Å²) in [5, 5.41) is 5.74. The first-order valence-electron chi connectivity index (χ1n) is 8.45. The van der Waals surface area contributed by atoms with Gasteiger partial charge in [-0.15, -0.1) is 0 Å². The number of carbonyl (C=O) groups is 1. The summed E-state index contributed by atoms with van der Waals surface area (Å²) in [6, 6.07) is 9.61. The summed E-state index contributed by atoms with van der Waals surface area (Å²) in [7, 11) is 1.73. The third-order valence-electron chi connectivity index (χ3n) is 4.13. The van der Waals surface area contributed by atoms with Crippen molar-refractivity contribution in [1.82, 2.24) is 24.6 Å². The van der Waals surface area contributed by atoms with Gasteiger partial charge in [0.1, 0.15) is 22.9 Å². The van der Waals surface area contributed by atoms with Crippen molar-refractivity contribution in [2.45, 2.75) is 11.6 Å². The van der Waals surface area contributed by atoms with E-state index in [2.05, 4.69) is 15.1 Å². The molecule has 0 bridgehead atoms. The first-order chi connectivity index (χ1) is 13.6. The molecule has 1 aromatic carbocycles. The lowest BCUT2D eigenvalue weighted by Crippen LogP contribution is -2.27. The molecule has 0 radical (unpaired) electrons. The molecular formula is C19H16FN5O2S. The molecule has 0 spiro atoms. The molecule has 0 fully saturated rings. The SMILES string of the molecule is CN(Cc1ccco1)C(=O)CSc1ncnc2c1cnn2-c1ccc(F)cc1. The quantitative estimate of drug-likeness (QED) is 0.367. The van der Waals surface area contributed by atoms with Crippen LogP contribution in [0.4, 0.5) is 4.39 Å². The Morgan fingerprint density at radius 3 is 2.82 bits per heavy atom. The number of nitrogens with zero attached hydrogens (tertiary/aromatic N) is 5. The van der Waals surface area contributed by atoms with Crippen LogP contribution in [0.15, 0.2) is 64.6 Å². The minimum Gasteiger partial charge on any atom is -0.467 e. The predicted molar refractivity (Wildman–Crippen MR) is 103 cm³/mol. The highest BCUT2D eigenvalue weighted by Gasteiger charge is 2.15. The fourth-order valence-corrected chi connectivity index (χ4v) is 3.58. The average Bonchev–Trinajstić information content (AvgIpc) is 3.36. The largest absolute Gasteiger partial charge is 0.467 e.